The van der Waals surface area contributed by atoms with E-state index in [4.69, 9.17) is 0 Å². The van der Waals surface area contributed by atoms with Gasteiger partial charge in [0.2, 0.25) is 5.91 Å². The number of amides is 2. The van der Waals surface area contributed by atoms with Crippen LogP contribution in [0.25, 0.3) is 0 Å². The predicted molar refractivity (Wildman–Crippen MR) is 81.2 cm³/mol. The van der Waals surface area contributed by atoms with E-state index in [9.17, 15) is 9.59 Å². The van der Waals surface area contributed by atoms with Gasteiger partial charge in [0, 0.05) is 31.6 Å². The van der Waals surface area contributed by atoms with E-state index in [1.54, 1.807) is 7.05 Å². The Morgan fingerprint density at radius 1 is 1.14 bits per heavy atom. The molecule has 21 heavy (non-hydrogen) atoms. The molecule has 0 saturated carbocycles. The smallest absolute Gasteiger partial charge is 0.253 e. The number of hydrogen-bond acceptors (Lipinski definition) is 2. The molecule has 1 aromatic rings. The minimum absolute atomic E-state index is 0.0547. The van der Waals surface area contributed by atoms with Gasteiger partial charge in [-0.25, -0.2) is 0 Å². The third kappa shape index (κ3) is 2.80. The van der Waals surface area contributed by atoms with E-state index in [1.165, 1.54) is 17.5 Å². The van der Waals surface area contributed by atoms with Gasteiger partial charge in [-0.2, -0.15) is 0 Å². The minimum atomic E-state index is 0.0547. The Labute approximate surface area is 125 Å². The molecule has 2 amide bonds. The Morgan fingerprint density at radius 2 is 1.86 bits per heavy atom. The number of fused-ring (bicyclic) bond motifs is 1. The Morgan fingerprint density at radius 3 is 2.57 bits per heavy atom. The molecule has 0 atom stereocenters. The maximum absolute atomic E-state index is 12.6. The quantitative estimate of drug-likeness (QED) is 0.901. The average Bonchev–Trinajstić information content (AvgIpc) is 3.01. The summed E-state index contributed by atoms with van der Waals surface area (Å²) in [6, 6.07) is 6.12. The number of nitrogens with one attached hydrogen (secondary N) is 1. The molecule has 1 N–H and O–H groups in total. The fraction of sp³-hybridized carbons (Fsp3) is 0.529. The van der Waals surface area contributed by atoms with Gasteiger partial charge in [0.15, 0.2) is 0 Å². The summed E-state index contributed by atoms with van der Waals surface area (Å²) < 4.78 is 0. The fourth-order valence-corrected chi connectivity index (χ4v) is 3.44. The minimum Gasteiger partial charge on any atom is -0.359 e. The molecule has 1 fully saturated rings. The Kier molecular flexibility index (Phi) is 3.95. The van der Waals surface area contributed by atoms with Crippen LogP contribution >= 0.6 is 0 Å². The van der Waals surface area contributed by atoms with Crippen molar-refractivity contribution in [3.05, 3.63) is 34.9 Å². The Hall–Kier alpha value is -1.84. The van der Waals surface area contributed by atoms with Gasteiger partial charge in [0.05, 0.1) is 0 Å². The molecule has 0 aromatic heterocycles. The van der Waals surface area contributed by atoms with Crippen molar-refractivity contribution in [2.45, 2.75) is 32.1 Å². The molecule has 112 valence electrons. The van der Waals surface area contributed by atoms with Crippen molar-refractivity contribution in [3.8, 4) is 0 Å². The molecular formula is C17H22N2O2. The second kappa shape index (κ2) is 5.88. The first-order valence-corrected chi connectivity index (χ1v) is 7.81. The number of rotatable bonds is 2. The molecule has 1 aromatic carbocycles. The first-order chi connectivity index (χ1) is 10.2. The van der Waals surface area contributed by atoms with Crippen molar-refractivity contribution in [2.75, 3.05) is 20.1 Å². The molecule has 0 radical (unpaired) electrons. The summed E-state index contributed by atoms with van der Waals surface area (Å²) in [5.41, 5.74) is 3.53. The van der Waals surface area contributed by atoms with Gasteiger partial charge in [-0.15, -0.1) is 0 Å². The zero-order valence-corrected chi connectivity index (χ0v) is 12.5. The van der Waals surface area contributed by atoms with Crippen molar-refractivity contribution in [2.24, 2.45) is 5.92 Å². The van der Waals surface area contributed by atoms with Crippen LogP contribution in [0.1, 0.15) is 40.7 Å². The second-order valence-electron chi connectivity index (χ2n) is 6.02. The lowest BCUT2D eigenvalue weighted by Crippen LogP contribution is -2.42. The second-order valence-corrected chi connectivity index (χ2v) is 6.02. The zero-order valence-electron chi connectivity index (χ0n) is 12.5. The highest BCUT2D eigenvalue weighted by Gasteiger charge is 2.27. The van der Waals surface area contributed by atoms with E-state index in [-0.39, 0.29) is 17.7 Å². The molecule has 1 aliphatic carbocycles. The lowest BCUT2D eigenvalue weighted by molar-refractivity contribution is -0.125. The number of carbonyl (C=O) groups is 2. The fourth-order valence-electron chi connectivity index (χ4n) is 3.44. The molecule has 2 aliphatic rings. The highest BCUT2D eigenvalue weighted by molar-refractivity contribution is 5.94. The van der Waals surface area contributed by atoms with Crippen LogP contribution in [0.3, 0.4) is 0 Å². The number of hydrogen-bond donors (Lipinski definition) is 1. The topological polar surface area (TPSA) is 49.4 Å². The summed E-state index contributed by atoms with van der Waals surface area (Å²) in [6.07, 6.45) is 4.95. The molecule has 1 aliphatic heterocycles. The van der Waals surface area contributed by atoms with Gasteiger partial charge in [0.1, 0.15) is 0 Å². The average molecular weight is 286 g/mol. The van der Waals surface area contributed by atoms with Crippen LogP contribution in [0.2, 0.25) is 0 Å². The first kappa shape index (κ1) is 14.1. The van der Waals surface area contributed by atoms with Crippen molar-refractivity contribution in [1.82, 2.24) is 10.2 Å². The zero-order chi connectivity index (χ0) is 14.8. The molecular weight excluding hydrogens is 264 g/mol. The van der Waals surface area contributed by atoms with Crippen LogP contribution < -0.4 is 5.32 Å². The number of aryl methyl sites for hydroxylation is 2. The van der Waals surface area contributed by atoms with E-state index >= 15 is 0 Å². The van der Waals surface area contributed by atoms with Gasteiger partial charge in [-0.05, 0) is 55.4 Å². The van der Waals surface area contributed by atoms with Crippen LogP contribution in [-0.2, 0) is 17.6 Å². The summed E-state index contributed by atoms with van der Waals surface area (Å²) in [5, 5.41) is 2.70. The third-order valence-corrected chi connectivity index (χ3v) is 4.74. The molecule has 3 rings (SSSR count). The number of nitrogens with zero attached hydrogens (tertiary/aromatic N) is 1. The van der Waals surface area contributed by atoms with E-state index < -0.39 is 0 Å². The first-order valence-electron chi connectivity index (χ1n) is 7.81. The van der Waals surface area contributed by atoms with Crippen LogP contribution in [0.15, 0.2) is 18.2 Å². The van der Waals surface area contributed by atoms with E-state index in [0.29, 0.717) is 13.1 Å². The summed E-state index contributed by atoms with van der Waals surface area (Å²) >= 11 is 0. The molecule has 0 bridgehead atoms. The van der Waals surface area contributed by atoms with Crippen LogP contribution in [0, 0.1) is 5.92 Å². The van der Waals surface area contributed by atoms with Gasteiger partial charge >= 0.3 is 0 Å². The molecule has 0 spiro atoms. The van der Waals surface area contributed by atoms with Crippen LogP contribution in [0.4, 0.5) is 0 Å². The lowest BCUT2D eigenvalue weighted by Gasteiger charge is -2.31. The number of likely N-dealkylation sites (tertiary alicyclic amines) is 1. The van der Waals surface area contributed by atoms with Crippen molar-refractivity contribution in [1.29, 1.82) is 0 Å². The van der Waals surface area contributed by atoms with E-state index in [2.05, 4.69) is 17.4 Å². The number of piperidine rings is 1. The number of benzene rings is 1. The van der Waals surface area contributed by atoms with Crippen LogP contribution in [-0.4, -0.2) is 36.9 Å². The van der Waals surface area contributed by atoms with Crippen molar-refractivity contribution >= 4 is 11.8 Å². The normalized spacial score (nSPS) is 18.4. The predicted octanol–water partition coefficient (Wildman–Crippen LogP) is 1.77. The largest absolute Gasteiger partial charge is 0.359 e. The maximum Gasteiger partial charge on any atom is 0.253 e. The van der Waals surface area contributed by atoms with E-state index in [1.807, 2.05) is 11.0 Å². The summed E-state index contributed by atoms with van der Waals surface area (Å²) in [7, 11) is 1.67. The van der Waals surface area contributed by atoms with Gasteiger partial charge in [-0.3, -0.25) is 9.59 Å². The molecule has 0 unspecified atom stereocenters. The summed E-state index contributed by atoms with van der Waals surface area (Å²) in [5.74, 6) is 0.263. The Bertz CT molecular complexity index is 560. The molecule has 4 heteroatoms. The molecule has 1 saturated heterocycles. The van der Waals surface area contributed by atoms with E-state index in [0.717, 1.165) is 31.2 Å². The molecule has 1 heterocycles. The highest BCUT2D eigenvalue weighted by Crippen LogP contribution is 2.24. The van der Waals surface area contributed by atoms with Gasteiger partial charge in [-0.1, -0.05) is 6.07 Å². The summed E-state index contributed by atoms with van der Waals surface area (Å²) in [6.45, 7) is 1.35. The van der Waals surface area contributed by atoms with Gasteiger partial charge < -0.3 is 10.2 Å². The standard InChI is InChI=1S/C17H22N2O2/c1-18-16(20)13-7-9-19(10-8-13)17(21)15-6-5-12-3-2-4-14(12)11-15/h5-6,11,13H,2-4,7-10H2,1H3,(H,18,20). The molecule has 4 nitrogen and oxygen atoms in total. The van der Waals surface area contributed by atoms with Gasteiger partial charge in [0.25, 0.3) is 5.91 Å². The van der Waals surface area contributed by atoms with Crippen LogP contribution in [0.5, 0.6) is 0 Å². The Balaban J connectivity index is 1.65. The monoisotopic (exact) mass is 286 g/mol. The highest BCUT2D eigenvalue weighted by atomic mass is 16.2. The van der Waals surface area contributed by atoms with Crippen molar-refractivity contribution in [3.63, 3.8) is 0 Å². The van der Waals surface area contributed by atoms with Crippen molar-refractivity contribution < 1.29 is 9.59 Å². The maximum atomic E-state index is 12.6. The third-order valence-electron chi connectivity index (χ3n) is 4.74. The number of carbonyl (C=O) groups excluding carboxylic acids is 2. The SMILES string of the molecule is CNC(=O)C1CCN(C(=O)c2ccc3c(c2)CCC3)CC1. The summed E-state index contributed by atoms with van der Waals surface area (Å²) in [4.78, 5) is 26.1. The lowest BCUT2D eigenvalue weighted by atomic mass is 9.95.